The molecule has 1 aromatic rings. The minimum atomic E-state index is -0.503. The molecule has 0 unspecified atom stereocenters. The van der Waals surface area contributed by atoms with Crippen molar-refractivity contribution in [2.75, 3.05) is 7.11 Å². The first kappa shape index (κ1) is 10.9. The lowest BCUT2D eigenvalue weighted by atomic mass is 10.0. The van der Waals surface area contributed by atoms with Crippen LogP contribution in [0.5, 0.6) is 0 Å². The molecule has 0 fully saturated rings. The van der Waals surface area contributed by atoms with E-state index in [2.05, 4.69) is 20.7 Å². The van der Waals surface area contributed by atoms with E-state index < -0.39 is 5.97 Å². The Hall–Kier alpha value is -1.16. The first-order valence-corrected chi connectivity index (χ1v) is 4.74. The topological polar surface area (TPSA) is 43.4 Å². The number of Topliss-reactive ketones (excluding diaryl/α,β-unsaturated/α-hetero) is 1. The van der Waals surface area contributed by atoms with Gasteiger partial charge in [0.25, 0.3) is 0 Å². The van der Waals surface area contributed by atoms with Crippen LogP contribution in [0.1, 0.15) is 27.6 Å². The molecule has 0 saturated carbocycles. The molecule has 0 saturated heterocycles. The van der Waals surface area contributed by atoms with Crippen molar-refractivity contribution in [3.05, 3.63) is 33.8 Å². The van der Waals surface area contributed by atoms with Crippen LogP contribution in [0, 0.1) is 0 Å². The minimum absolute atomic E-state index is 0.155. The van der Waals surface area contributed by atoms with Crippen molar-refractivity contribution < 1.29 is 14.3 Å². The molecule has 0 radical (unpaired) electrons. The van der Waals surface area contributed by atoms with Crippen LogP contribution < -0.4 is 0 Å². The van der Waals surface area contributed by atoms with Crippen LogP contribution in [0.25, 0.3) is 0 Å². The van der Waals surface area contributed by atoms with Gasteiger partial charge >= 0.3 is 5.97 Å². The van der Waals surface area contributed by atoms with Crippen molar-refractivity contribution in [3.8, 4) is 0 Å². The Balaban J connectivity index is 3.29. The molecule has 0 N–H and O–H groups in total. The zero-order valence-electron chi connectivity index (χ0n) is 7.83. The summed E-state index contributed by atoms with van der Waals surface area (Å²) in [5, 5.41) is 0. The number of halogens is 1. The minimum Gasteiger partial charge on any atom is -0.465 e. The van der Waals surface area contributed by atoms with E-state index >= 15 is 0 Å². The lowest BCUT2D eigenvalue weighted by Gasteiger charge is -2.04. The molecule has 0 aliphatic rings. The van der Waals surface area contributed by atoms with Crippen LogP contribution in [0.3, 0.4) is 0 Å². The summed E-state index contributed by atoms with van der Waals surface area (Å²) in [6.07, 6.45) is 0. The standard InChI is InChI=1S/C10H9BrO3/c1-6(12)8-4-3-7(11)5-9(8)10(13)14-2/h3-5H,1-2H3. The third-order valence-electron chi connectivity index (χ3n) is 1.77. The SMILES string of the molecule is COC(=O)c1cc(Br)ccc1C(C)=O. The third-order valence-corrected chi connectivity index (χ3v) is 2.26. The van der Waals surface area contributed by atoms with E-state index in [0.29, 0.717) is 5.56 Å². The summed E-state index contributed by atoms with van der Waals surface area (Å²) in [5.41, 5.74) is 0.662. The lowest BCUT2D eigenvalue weighted by Crippen LogP contribution is -2.08. The van der Waals surface area contributed by atoms with Crippen molar-refractivity contribution >= 4 is 27.7 Å². The molecule has 0 spiro atoms. The van der Waals surface area contributed by atoms with Crippen molar-refractivity contribution in [1.29, 1.82) is 0 Å². The van der Waals surface area contributed by atoms with E-state index in [1.165, 1.54) is 14.0 Å². The van der Waals surface area contributed by atoms with Gasteiger partial charge in [0.1, 0.15) is 0 Å². The predicted octanol–water partition coefficient (Wildman–Crippen LogP) is 2.44. The summed E-state index contributed by atoms with van der Waals surface area (Å²) in [7, 11) is 1.28. The molecule has 4 heteroatoms. The Morgan fingerprint density at radius 3 is 2.43 bits per heavy atom. The number of rotatable bonds is 2. The van der Waals surface area contributed by atoms with Gasteiger partial charge in [0.15, 0.2) is 5.78 Å². The van der Waals surface area contributed by atoms with Gasteiger partial charge < -0.3 is 4.74 Å². The second kappa shape index (κ2) is 4.37. The Bertz CT molecular complexity index is 385. The first-order chi connectivity index (χ1) is 6.56. The van der Waals surface area contributed by atoms with E-state index in [1.54, 1.807) is 18.2 Å². The van der Waals surface area contributed by atoms with Crippen molar-refractivity contribution in [1.82, 2.24) is 0 Å². The van der Waals surface area contributed by atoms with E-state index in [0.717, 1.165) is 4.47 Å². The van der Waals surface area contributed by atoms with Gasteiger partial charge in [-0.3, -0.25) is 4.79 Å². The quantitative estimate of drug-likeness (QED) is 0.603. The van der Waals surface area contributed by atoms with Crippen molar-refractivity contribution in [2.24, 2.45) is 0 Å². The number of carbonyl (C=O) groups excluding carboxylic acids is 2. The van der Waals surface area contributed by atoms with E-state index in [4.69, 9.17) is 0 Å². The second-order valence-electron chi connectivity index (χ2n) is 2.74. The first-order valence-electron chi connectivity index (χ1n) is 3.95. The maximum absolute atomic E-state index is 11.3. The second-order valence-corrected chi connectivity index (χ2v) is 3.65. The highest BCUT2D eigenvalue weighted by Crippen LogP contribution is 2.17. The number of carbonyl (C=O) groups is 2. The van der Waals surface area contributed by atoms with Crippen LogP contribution in [0.4, 0.5) is 0 Å². The number of benzene rings is 1. The molecule has 14 heavy (non-hydrogen) atoms. The molecule has 1 rings (SSSR count). The average molecular weight is 257 g/mol. The van der Waals surface area contributed by atoms with Crippen molar-refractivity contribution in [3.63, 3.8) is 0 Å². The highest BCUT2D eigenvalue weighted by Gasteiger charge is 2.14. The monoisotopic (exact) mass is 256 g/mol. The molecule has 0 aliphatic heterocycles. The van der Waals surface area contributed by atoms with Crippen LogP contribution in [0.15, 0.2) is 22.7 Å². The number of esters is 1. The zero-order chi connectivity index (χ0) is 10.7. The number of ether oxygens (including phenoxy) is 1. The van der Waals surface area contributed by atoms with Gasteiger partial charge in [-0.25, -0.2) is 4.79 Å². The Morgan fingerprint density at radius 1 is 1.29 bits per heavy atom. The lowest BCUT2D eigenvalue weighted by molar-refractivity contribution is 0.0597. The molecule has 0 heterocycles. The zero-order valence-corrected chi connectivity index (χ0v) is 9.42. The summed E-state index contributed by atoms with van der Waals surface area (Å²) < 4.78 is 5.31. The van der Waals surface area contributed by atoms with Gasteiger partial charge in [-0.05, 0) is 25.1 Å². The fourth-order valence-electron chi connectivity index (χ4n) is 1.10. The van der Waals surface area contributed by atoms with E-state index in [1.807, 2.05) is 0 Å². The maximum atomic E-state index is 11.3. The third kappa shape index (κ3) is 2.20. The van der Waals surface area contributed by atoms with Gasteiger partial charge in [0.05, 0.1) is 12.7 Å². The normalized spacial score (nSPS) is 9.64. The predicted molar refractivity (Wildman–Crippen MR) is 55.5 cm³/mol. The number of methoxy groups -OCH3 is 1. The largest absolute Gasteiger partial charge is 0.465 e. The Morgan fingerprint density at radius 2 is 1.93 bits per heavy atom. The highest BCUT2D eigenvalue weighted by molar-refractivity contribution is 9.10. The van der Waals surface area contributed by atoms with Crippen LogP contribution in [0.2, 0.25) is 0 Å². The molecule has 0 aliphatic carbocycles. The van der Waals surface area contributed by atoms with Crippen LogP contribution in [-0.2, 0) is 4.74 Å². The van der Waals surface area contributed by atoms with Crippen molar-refractivity contribution in [2.45, 2.75) is 6.92 Å². The van der Waals surface area contributed by atoms with E-state index in [9.17, 15) is 9.59 Å². The number of ketones is 1. The summed E-state index contributed by atoms with van der Waals surface area (Å²) in [4.78, 5) is 22.5. The summed E-state index contributed by atoms with van der Waals surface area (Å²) in [6.45, 7) is 1.41. The fraction of sp³-hybridized carbons (Fsp3) is 0.200. The van der Waals surface area contributed by atoms with Gasteiger partial charge in [-0.1, -0.05) is 15.9 Å². The Labute approximate surface area is 90.2 Å². The average Bonchev–Trinajstić information content (AvgIpc) is 2.16. The number of hydrogen-bond acceptors (Lipinski definition) is 3. The Kier molecular flexibility index (Phi) is 3.41. The highest BCUT2D eigenvalue weighted by atomic mass is 79.9. The molecule has 3 nitrogen and oxygen atoms in total. The smallest absolute Gasteiger partial charge is 0.338 e. The van der Waals surface area contributed by atoms with Crippen LogP contribution >= 0.6 is 15.9 Å². The molecule has 0 aromatic heterocycles. The van der Waals surface area contributed by atoms with Gasteiger partial charge in [0.2, 0.25) is 0 Å². The fourth-order valence-corrected chi connectivity index (χ4v) is 1.46. The van der Waals surface area contributed by atoms with Gasteiger partial charge in [-0.2, -0.15) is 0 Å². The molecule has 74 valence electrons. The molecule has 0 amide bonds. The maximum Gasteiger partial charge on any atom is 0.338 e. The molecule has 0 atom stereocenters. The summed E-state index contributed by atoms with van der Waals surface area (Å²) in [6, 6.07) is 4.88. The molecule has 1 aromatic carbocycles. The summed E-state index contributed by atoms with van der Waals surface area (Å²) in [5.74, 6) is -0.658. The molecular weight excluding hydrogens is 248 g/mol. The molecule has 0 bridgehead atoms. The van der Waals surface area contributed by atoms with Gasteiger partial charge in [0, 0.05) is 10.0 Å². The van der Waals surface area contributed by atoms with Crippen LogP contribution in [-0.4, -0.2) is 18.9 Å². The molecular formula is C10H9BrO3. The van der Waals surface area contributed by atoms with Gasteiger partial charge in [-0.15, -0.1) is 0 Å². The van der Waals surface area contributed by atoms with E-state index in [-0.39, 0.29) is 11.3 Å². The summed E-state index contributed by atoms with van der Waals surface area (Å²) >= 11 is 3.22. The number of hydrogen-bond donors (Lipinski definition) is 0.